The summed E-state index contributed by atoms with van der Waals surface area (Å²) in [4.78, 5) is 8.36. The number of nitrogens with zero attached hydrogens (tertiary/aromatic N) is 3. The second-order valence-corrected chi connectivity index (χ2v) is 5.48. The van der Waals surface area contributed by atoms with Crippen molar-refractivity contribution < 1.29 is 4.52 Å². The zero-order valence-corrected chi connectivity index (χ0v) is 13.3. The third kappa shape index (κ3) is 4.43. The summed E-state index contributed by atoms with van der Waals surface area (Å²) in [7, 11) is 0. The van der Waals surface area contributed by atoms with Crippen LogP contribution < -0.4 is 10.6 Å². The van der Waals surface area contributed by atoms with Gasteiger partial charge in [0.05, 0.1) is 0 Å². The smallest absolute Gasteiger partial charge is 0.175 e. The molecule has 23 heavy (non-hydrogen) atoms. The molecule has 0 bridgehead atoms. The number of hydrogen-bond acceptors (Lipinski definition) is 6. The number of aromatic nitrogens is 3. The van der Waals surface area contributed by atoms with Crippen molar-refractivity contribution in [1.29, 1.82) is 0 Å². The van der Waals surface area contributed by atoms with Gasteiger partial charge in [0.2, 0.25) is 0 Å². The summed E-state index contributed by atoms with van der Waals surface area (Å²) in [5, 5.41) is 11.0. The minimum atomic E-state index is 0.617. The van der Waals surface area contributed by atoms with Gasteiger partial charge in [0, 0.05) is 23.7 Å². The van der Waals surface area contributed by atoms with E-state index < -0.39 is 0 Å². The Bertz CT molecular complexity index is 789. The highest BCUT2D eigenvalue weighted by Gasteiger charge is 2.03. The summed E-state index contributed by atoms with van der Waals surface area (Å²) in [6.07, 6.45) is 2.35. The normalized spacial score (nSPS) is 10.5. The molecule has 3 rings (SSSR count). The van der Waals surface area contributed by atoms with Crippen molar-refractivity contribution in [2.24, 2.45) is 0 Å². The zero-order valence-electron chi connectivity index (χ0n) is 12.6. The summed E-state index contributed by atoms with van der Waals surface area (Å²) in [6.45, 7) is 2.58. The SMILES string of the molecule is Cc1cc(Nc2cc(NCCc3cccc(Cl)c3)ncn2)no1. The predicted molar refractivity (Wildman–Crippen MR) is 90.2 cm³/mol. The van der Waals surface area contributed by atoms with E-state index in [2.05, 4.69) is 25.8 Å². The number of nitrogens with one attached hydrogen (secondary N) is 2. The lowest BCUT2D eigenvalue weighted by Gasteiger charge is -2.07. The lowest BCUT2D eigenvalue weighted by Crippen LogP contribution is -2.07. The van der Waals surface area contributed by atoms with Crippen LogP contribution in [0.2, 0.25) is 5.02 Å². The van der Waals surface area contributed by atoms with Crippen LogP contribution in [0.5, 0.6) is 0 Å². The van der Waals surface area contributed by atoms with Gasteiger partial charge < -0.3 is 15.2 Å². The minimum absolute atomic E-state index is 0.617. The standard InChI is InChI=1S/C16H16ClN5O/c1-11-7-16(22-23-11)21-15-9-14(19-10-20-15)18-6-5-12-3-2-4-13(17)8-12/h2-4,7-10H,5-6H2,1H3,(H2,18,19,20,21,22). The molecule has 0 fully saturated rings. The second kappa shape index (κ2) is 7.11. The number of benzene rings is 1. The third-order valence-electron chi connectivity index (χ3n) is 3.16. The topological polar surface area (TPSA) is 75.9 Å². The average molecular weight is 330 g/mol. The first-order chi connectivity index (χ1) is 11.2. The highest BCUT2D eigenvalue weighted by atomic mass is 35.5. The Morgan fingerprint density at radius 1 is 1.09 bits per heavy atom. The van der Waals surface area contributed by atoms with E-state index in [0.717, 1.165) is 29.6 Å². The molecule has 1 aromatic carbocycles. The maximum absolute atomic E-state index is 5.98. The molecule has 0 spiro atoms. The van der Waals surface area contributed by atoms with Crippen LogP contribution in [0.25, 0.3) is 0 Å². The minimum Gasteiger partial charge on any atom is -0.370 e. The number of hydrogen-bond donors (Lipinski definition) is 2. The number of anilines is 3. The van der Waals surface area contributed by atoms with Gasteiger partial charge in [0.25, 0.3) is 0 Å². The van der Waals surface area contributed by atoms with Gasteiger partial charge in [-0.25, -0.2) is 9.97 Å². The average Bonchev–Trinajstić information content (AvgIpc) is 2.93. The molecule has 0 aliphatic heterocycles. The molecule has 2 heterocycles. The number of halogens is 1. The Morgan fingerprint density at radius 3 is 2.74 bits per heavy atom. The summed E-state index contributed by atoms with van der Waals surface area (Å²) in [5.41, 5.74) is 1.18. The molecule has 6 nitrogen and oxygen atoms in total. The van der Waals surface area contributed by atoms with E-state index >= 15 is 0 Å². The van der Waals surface area contributed by atoms with Crippen LogP contribution in [0.15, 0.2) is 47.2 Å². The molecule has 0 saturated heterocycles. The molecule has 0 aliphatic carbocycles. The van der Waals surface area contributed by atoms with E-state index in [1.54, 1.807) is 6.07 Å². The molecule has 0 saturated carbocycles. The lowest BCUT2D eigenvalue weighted by atomic mass is 10.1. The summed E-state index contributed by atoms with van der Waals surface area (Å²) in [6, 6.07) is 11.4. The fourth-order valence-corrected chi connectivity index (χ4v) is 2.32. The molecule has 0 amide bonds. The van der Waals surface area contributed by atoms with Crippen molar-refractivity contribution in [2.45, 2.75) is 13.3 Å². The van der Waals surface area contributed by atoms with Crippen LogP contribution in [0.3, 0.4) is 0 Å². The quantitative estimate of drug-likeness (QED) is 0.716. The first kappa shape index (κ1) is 15.3. The Balaban J connectivity index is 1.57. The molecule has 0 unspecified atom stereocenters. The maximum Gasteiger partial charge on any atom is 0.175 e. The Hall–Kier alpha value is -2.60. The van der Waals surface area contributed by atoms with E-state index in [9.17, 15) is 0 Å². The summed E-state index contributed by atoms with van der Waals surface area (Å²) in [5.74, 6) is 2.75. The molecule has 0 aliphatic rings. The molecule has 0 atom stereocenters. The fraction of sp³-hybridized carbons (Fsp3) is 0.188. The molecule has 3 aromatic rings. The molecular weight excluding hydrogens is 314 g/mol. The molecule has 2 N–H and O–H groups in total. The monoisotopic (exact) mass is 329 g/mol. The molecule has 7 heteroatoms. The highest BCUT2D eigenvalue weighted by molar-refractivity contribution is 6.30. The number of rotatable bonds is 6. The van der Waals surface area contributed by atoms with Crippen LogP contribution in [0.4, 0.5) is 17.5 Å². The predicted octanol–water partition coefficient (Wildman–Crippen LogP) is 3.82. The van der Waals surface area contributed by atoms with E-state index in [0.29, 0.717) is 11.6 Å². The van der Waals surface area contributed by atoms with Gasteiger partial charge in [0.15, 0.2) is 5.82 Å². The zero-order chi connectivity index (χ0) is 16.1. The van der Waals surface area contributed by atoms with Gasteiger partial charge in [-0.15, -0.1) is 0 Å². The van der Waals surface area contributed by atoms with Crippen LogP contribution in [-0.4, -0.2) is 21.7 Å². The second-order valence-electron chi connectivity index (χ2n) is 5.04. The molecule has 118 valence electrons. The first-order valence-corrected chi connectivity index (χ1v) is 7.57. The molecule has 2 aromatic heterocycles. The van der Waals surface area contributed by atoms with Gasteiger partial charge in [-0.1, -0.05) is 28.9 Å². The Kier molecular flexibility index (Phi) is 4.73. The van der Waals surface area contributed by atoms with E-state index in [-0.39, 0.29) is 0 Å². The summed E-state index contributed by atoms with van der Waals surface area (Å²) < 4.78 is 5.01. The lowest BCUT2D eigenvalue weighted by molar-refractivity contribution is 0.400. The van der Waals surface area contributed by atoms with Crippen molar-refractivity contribution in [3.63, 3.8) is 0 Å². The van der Waals surface area contributed by atoms with Gasteiger partial charge >= 0.3 is 0 Å². The fourth-order valence-electron chi connectivity index (χ4n) is 2.11. The number of aryl methyl sites for hydroxylation is 1. The van der Waals surface area contributed by atoms with Crippen LogP contribution in [0, 0.1) is 6.92 Å². The van der Waals surface area contributed by atoms with Crippen molar-refractivity contribution in [3.05, 3.63) is 59.1 Å². The van der Waals surface area contributed by atoms with E-state index in [1.165, 1.54) is 11.9 Å². The highest BCUT2D eigenvalue weighted by Crippen LogP contribution is 2.16. The van der Waals surface area contributed by atoms with Crippen molar-refractivity contribution in [2.75, 3.05) is 17.2 Å². The summed E-state index contributed by atoms with van der Waals surface area (Å²) >= 11 is 5.98. The van der Waals surface area contributed by atoms with Crippen LogP contribution in [-0.2, 0) is 6.42 Å². The van der Waals surface area contributed by atoms with E-state index in [4.69, 9.17) is 16.1 Å². The third-order valence-corrected chi connectivity index (χ3v) is 3.40. The van der Waals surface area contributed by atoms with Gasteiger partial charge in [0.1, 0.15) is 23.7 Å². The molecular formula is C16H16ClN5O. The van der Waals surface area contributed by atoms with Crippen molar-refractivity contribution in [3.8, 4) is 0 Å². The van der Waals surface area contributed by atoms with Crippen molar-refractivity contribution in [1.82, 2.24) is 15.1 Å². The Morgan fingerprint density at radius 2 is 1.96 bits per heavy atom. The molecule has 0 radical (unpaired) electrons. The van der Waals surface area contributed by atoms with E-state index in [1.807, 2.05) is 37.3 Å². The van der Waals surface area contributed by atoms with Gasteiger partial charge in [-0.3, -0.25) is 0 Å². The van der Waals surface area contributed by atoms with Crippen LogP contribution in [0.1, 0.15) is 11.3 Å². The Labute approximate surface area is 138 Å². The van der Waals surface area contributed by atoms with Crippen molar-refractivity contribution >= 4 is 29.1 Å². The first-order valence-electron chi connectivity index (χ1n) is 7.20. The largest absolute Gasteiger partial charge is 0.370 e. The van der Waals surface area contributed by atoms with Gasteiger partial charge in [-0.05, 0) is 31.0 Å². The maximum atomic E-state index is 5.98. The van der Waals surface area contributed by atoms with Gasteiger partial charge in [-0.2, -0.15) is 0 Å². The van der Waals surface area contributed by atoms with Crippen LogP contribution >= 0.6 is 11.6 Å².